The van der Waals surface area contributed by atoms with Crippen molar-refractivity contribution >= 4 is 12.3 Å². The normalized spacial score (nSPS) is 13.1. The highest BCUT2D eigenvalue weighted by atomic mass is 16.4. The molecule has 0 saturated heterocycles. The summed E-state index contributed by atoms with van der Waals surface area (Å²) in [7, 11) is 0. The second-order valence-electron chi connectivity index (χ2n) is 5.32. The summed E-state index contributed by atoms with van der Waals surface area (Å²) in [6.45, 7) is 5.77. The lowest BCUT2D eigenvalue weighted by Gasteiger charge is -2.27. The van der Waals surface area contributed by atoms with Gasteiger partial charge in [-0.1, -0.05) is 45.0 Å². The van der Waals surface area contributed by atoms with E-state index in [1.165, 1.54) is 0 Å². The molecule has 0 spiro atoms. The molecule has 0 fully saturated rings. The van der Waals surface area contributed by atoms with Crippen LogP contribution in [0.15, 0.2) is 24.3 Å². The van der Waals surface area contributed by atoms with Gasteiger partial charge in [0.1, 0.15) is 6.29 Å². The Morgan fingerprint density at radius 1 is 1.29 bits per heavy atom. The Hall–Kier alpha value is -1.64. The van der Waals surface area contributed by atoms with Crippen LogP contribution in [0.1, 0.15) is 36.7 Å². The van der Waals surface area contributed by atoms with Crippen LogP contribution in [0.4, 0.5) is 0 Å². The van der Waals surface area contributed by atoms with Gasteiger partial charge in [0, 0.05) is 5.56 Å². The molecule has 1 rings (SSSR count). The lowest BCUT2D eigenvalue weighted by Crippen LogP contribution is -2.30. The number of benzene rings is 1. The van der Waals surface area contributed by atoms with Gasteiger partial charge in [-0.05, 0) is 17.4 Å². The molecular formula is C14H18O3. The average Bonchev–Trinajstić information content (AvgIpc) is 2.24. The predicted octanol–water partition coefficient (Wildman–Crippen LogP) is 2.79. The lowest BCUT2D eigenvalue weighted by molar-refractivity contribution is -0.145. The van der Waals surface area contributed by atoms with Crippen molar-refractivity contribution < 1.29 is 14.7 Å². The predicted molar refractivity (Wildman–Crippen MR) is 66.1 cm³/mol. The molecule has 0 saturated carbocycles. The van der Waals surface area contributed by atoms with Gasteiger partial charge < -0.3 is 5.11 Å². The summed E-state index contributed by atoms with van der Waals surface area (Å²) in [6.07, 6.45) is 1.26. The van der Waals surface area contributed by atoms with Gasteiger partial charge in [-0.2, -0.15) is 0 Å². The molecule has 0 aromatic heterocycles. The van der Waals surface area contributed by atoms with Gasteiger partial charge in [0.05, 0.1) is 5.92 Å². The molecular weight excluding hydrogens is 216 g/mol. The minimum Gasteiger partial charge on any atom is -0.481 e. The highest BCUT2D eigenvalue weighted by molar-refractivity contribution is 5.75. The van der Waals surface area contributed by atoms with Gasteiger partial charge in [-0.25, -0.2) is 0 Å². The maximum Gasteiger partial charge on any atom is 0.307 e. The number of carbonyl (C=O) groups is 2. The van der Waals surface area contributed by atoms with E-state index < -0.39 is 11.9 Å². The fourth-order valence-corrected chi connectivity index (χ4v) is 1.73. The monoisotopic (exact) mass is 234 g/mol. The molecule has 1 atom stereocenters. The van der Waals surface area contributed by atoms with Crippen LogP contribution in [-0.2, 0) is 11.2 Å². The van der Waals surface area contributed by atoms with Gasteiger partial charge in [0.2, 0.25) is 0 Å². The summed E-state index contributed by atoms with van der Waals surface area (Å²) >= 11 is 0. The second-order valence-corrected chi connectivity index (χ2v) is 5.32. The van der Waals surface area contributed by atoms with Crippen molar-refractivity contribution in [3.05, 3.63) is 35.4 Å². The third-order valence-corrected chi connectivity index (χ3v) is 2.90. The van der Waals surface area contributed by atoms with Gasteiger partial charge in [-0.15, -0.1) is 0 Å². The minimum absolute atomic E-state index is 0.283. The SMILES string of the molecule is CC(C)(C)C(Cc1ccc(C=O)cc1)C(=O)O. The number of hydrogen-bond donors (Lipinski definition) is 1. The molecule has 92 valence electrons. The quantitative estimate of drug-likeness (QED) is 0.815. The molecule has 0 aliphatic rings. The molecule has 0 aliphatic carbocycles. The van der Waals surface area contributed by atoms with Crippen LogP contribution in [0.5, 0.6) is 0 Å². The van der Waals surface area contributed by atoms with E-state index >= 15 is 0 Å². The molecule has 0 bridgehead atoms. The van der Waals surface area contributed by atoms with E-state index in [2.05, 4.69) is 0 Å². The molecule has 1 unspecified atom stereocenters. The Morgan fingerprint density at radius 3 is 2.18 bits per heavy atom. The first kappa shape index (κ1) is 13.4. The fourth-order valence-electron chi connectivity index (χ4n) is 1.73. The Balaban J connectivity index is 2.86. The number of carbonyl (C=O) groups excluding carboxylic acids is 1. The Kier molecular flexibility index (Phi) is 4.05. The van der Waals surface area contributed by atoms with Crippen molar-refractivity contribution in [1.29, 1.82) is 0 Å². The fraction of sp³-hybridized carbons (Fsp3) is 0.429. The largest absolute Gasteiger partial charge is 0.481 e. The molecule has 1 aromatic carbocycles. The van der Waals surface area contributed by atoms with E-state index in [-0.39, 0.29) is 5.41 Å². The zero-order valence-corrected chi connectivity index (χ0v) is 10.4. The van der Waals surface area contributed by atoms with Crippen LogP contribution in [-0.4, -0.2) is 17.4 Å². The number of rotatable bonds is 4. The van der Waals surface area contributed by atoms with Crippen LogP contribution in [0.2, 0.25) is 0 Å². The third-order valence-electron chi connectivity index (χ3n) is 2.90. The third kappa shape index (κ3) is 3.70. The Labute approximate surface area is 101 Å². The summed E-state index contributed by atoms with van der Waals surface area (Å²) in [4.78, 5) is 21.7. The molecule has 0 aliphatic heterocycles. The lowest BCUT2D eigenvalue weighted by atomic mass is 9.77. The van der Waals surface area contributed by atoms with E-state index in [4.69, 9.17) is 0 Å². The first-order valence-corrected chi connectivity index (χ1v) is 5.61. The Bertz CT molecular complexity index is 398. The molecule has 1 aromatic rings. The van der Waals surface area contributed by atoms with E-state index in [0.29, 0.717) is 12.0 Å². The van der Waals surface area contributed by atoms with Crippen LogP contribution >= 0.6 is 0 Å². The standard InChI is InChI=1S/C14H18O3/c1-14(2,3)12(13(16)17)8-10-4-6-11(9-15)7-5-10/h4-7,9,12H,8H2,1-3H3,(H,16,17). The van der Waals surface area contributed by atoms with Crippen molar-refractivity contribution in [1.82, 2.24) is 0 Å². The summed E-state index contributed by atoms with van der Waals surface area (Å²) < 4.78 is 0. The average molecular weight is 234 g/mol. The van der Waals surface area contributed by atoms with Crippen molar-refractivity contribution in [2.24, 2.45) is 11.3 Å². The number of carboxylic acids is 1. The summed E-state index contributed by atoms with van der Waals surface area (Å²) in [6, 6.07) is 7.05. The van der Waals surface area contributed by atoms with Gasteiger partial charge in [-0.3, -0.25) is 9.59 Å². The topological polar surface area (TPSA) is 54.4 Å². The molecule has 0 amide bonds. The zero-order valence-electron chi connectivity index (χ0n) is 10.4. The maximum absolute atomic E-state index is 11.2. The van der Waals surface area contributed by atoms with Crippen LogP contribution in [0, 0.1) is 11.3 Å². The van der Waals surface area contributed by atoms with Crippen molar-refractivity contribution in [3.63, 3.8) is 0 Å². The number of carboxylic acid groups (broad SMARTS) is 1. The summed E-state index contributed by atoms with van der Waals surface area (Å²) in [5.74, 6) is -1.21. The molecule has 17 heavy (non-hydrogen) atoms. The molecule has 3 heteroatoms. The number of aldehydes is 1. The van der Waals surface area contributed by atoms with Crippen LogP contribution in [0.3, 0.4) is 0 Å². The van der Waals surface area contributed by atoms with E-state index in [0.717, 1.165) is 11.8 Å². The first-order chi connectivity index (χ1) is 7.84. The first-order valence-electron chi connectivity index (χ1n) is 5.61. The van der Waals surface area contributed by atoms with Crippen LogP contribution < -0.4 is 0 Å². The van der Waals surface area contributed by atoms with Gasteiger partial charge in [0.25, 0.3) is 0 Å². The Morgan fingerprint density at radius 2 is 1.82 bits per heavy atom. The highest BCUT2D eigenvalue weighted by Gasteiger charge is 2.30. The molecule has 3 nitrogen and oxygen atoms in total. The number of aliphatic carboxylic acids is 1. The smallest absolute Gasteiger partial charge is 0.307 e. The minimum atomic E-state index is -0.781. The van der Waals surface area contributed by atoms with Crippen molar-refractivity contribution in [2.75, 3.05) is 0 Å². The molecule has 1 N–H and O–H groups in total. The van der Waals surface area contributed by atoms with Crippen molar-refractivity contribution in [2.45, 2.75) is 27.2 Å². The summed E-state index contributed by atoms with van der Waals surface area (Å²) in [5, 5.41) is 9.21. The maximum atomic E-state index is 11.2. The van der Waals surface area contributed by atoms with Gasteiger partial charge >= 0.3 is 5.97 Å². The van der Waals surface area contributed by atoms with Crippen molar-refractivity contribution in [3.8, 4) is 0 Å². The van der Waals surface area contributed by atoms with E-state index in [9.17, 15) is 14.7 Å². The van der Waals surface area contributed by atoms with Crippen LogP contribution in [0.25, 0.3) is 0 Å². The second kappa shape index (κ2) is 5.13. The highest BCUT2D eigenvalue weighted by Crippen LogP contribution is 2.29. The zero-order chi connectivity index (χ0) is 13.1. The molecule has 0 radical (unpaired) electrons. The number of hydrogen-bond acceptors (Lipinski definition) is 2. The molecule has 0 heterocycles. The summed E-state index contributed by atoms with van der Waals surface area (Å²) in [5.41, 5.74) is 1.27. The van der Waals surface area contributed by atoms with E-state index in [1.807, 2.05) is 32.9 Å². The van der Waals surface area contributed by atoms with Gasteiger partial charge in [0.15, 0.2) is 0 Å². The van der Waals surface area contributed by atoms with E-state index in [1.54, 1.807) is 12.1 Å².